The van der Waals surface area contributed by atoms with E-state index in [1.807, 2.05) is 13.1 Å². The summed E-state index contributed by atoms with van der Waals surface area (Å²) < 4.78 is 0. The number of hydrogen-bond acceptors (Lipinski definition) is 3. The van der Waals surface area contributed by atoms with Crippen molar-refractivity contribution >= 4 is 0 Å². The Hall–Kier alpha value is -0.870. The first-order valence-corrected chi connectivity index (χ1v) is 5.29. The molecule has 0 radical (unpaired) electrons. The van der Waals surface area contributed by atoms with Gasteiger partial charge >= 0.3 is 0 Å². The Bertz CT molecular complexity index is 275. The van der Waals surface area contributed by atoms with Crippen molar-refractivity contribution in [3.05, 3.63) is 17.7 Å². The lowest BCUT2D eigenvalue weighted by Gasteiger charge is -2.23. The van der Waals surface area contributed by atoms with Crippen molar-refractivity contribution in [2.24, 2.45) is 0 Å². The Morgan fingerprint density at radius 3 is 2.93 bits per heavy atom. The average molecular weight is 194 g/mol. The Labute approximate surface area is 84.5 Å². The van der Waals surface area contributed by atoms with Crippen LogP contribution in [0, 0.1) is 6.92 Å². The van der Waals surface area contributed by atoms with Crippen LogP contribution < -0.4 is 10.6 Å². The van der Waals surface area contributed by atoms with Gasteiger partial charge in [-0.1, -0.05) is 0 Å². The summed E-state index contributed by atoms with van der Waals surface area (Å²) in [4.78, 5) is 7.49. The number of hydrogen-bond donors (Lipinski definition) is 3. The molecule has 1 aromatic heterocycles. The lowest BCUT2D eigenvalue weighted by atomic mass is 10.1. The summed E-state index contributed by atoms with van der Waals surface area (Å²) in [5.74, 6) is 1.04. The van der Waals surface area contributed by atoms with Crippen LogP contribution in [0.4, 0.5) is 0 Å². The van der Waals surface area contributed by atoms with Crippen molar-refractivity contribution < 1.29 is 0 Å². The molecular weight excluding hydrogens is 176 g/mol. The molecular formula is C10H18N4. The minimum Gasteiger partial charge on any atom is -0.345 e. The monoisotopic (exact) mass is 194 g/mol. The van der Waals surface area contributed by atoms with Crippen molar-refractivity contribution in [3.63, 3.8) is 0 Å². The van der Waals surface area contributed by atoms with Crippen molar-refractivity contribution in [1.29, 1.82) is 0 Å². The van der Waals surface area contributed by atoms with Gasteiger partial charge in [0.05, 0.1) is 6.54 Å². The number of H-pyrrole nitrogens is 1. The molecule has 0 unspecified atom stereocenters. The van der Waals surface area contributed by atoms with Gasteiger partial charge in [0.2, 0.25) is 0 Å². The third-order valence-electron chi connectivity index (χ3n) is 2.65. The lowest BCUT2D eigenvalue weighted by molar-refractivity contribution is 0.383. The third kappa shape index (κ3) is 2.56. The van der Waals surface area contributed by atoms with Gasteiger partial charge in [0.1, 0.15) is 5.82 Å². The van der Waals surface area contributed by atoms with Gasteiger partial charge in [-0.05, 0) is 32.9 Å². The number of aromatic amines is 1. The van der Waals surface area contributed by atoms with Gasteiger partial charge in [0.25, 0.3) is 0 Å². The van der Waals surface area contributed by atoms with Gasteiger partial charge in [-0.25, -0.2) is 4.98 Å². The molecule has 3 N–H and O–H groups in total. The molecule has 0 saturated carbocycles. The summed E-state index contributed by atoms with van der Waals surface area (Å²) in [6, 6.07) is 0.654. The molecule has 0 aliphatic carbocycles. The van der Waals surface area contributed by atoms with Crippen LogP contribution in [0.25, 0.3) is 0 Å². The van der Waals surface area contributed by atoms with Crippen molar-refractivity contribution in [2.75, 3.05) is 13.1 Å². The highest BCUT2D eigenvalue weighted by Gasteiger charge is 2.12. The van der Waals surface area contributed by atoms with Gasteiger partial charge in [-0.2, -0.15) is 0 Å². The van der Waals surface area contributed by atoms with Gasteiger partial charge in [-0.3, -0.25) is 0 Å². The van der Waals surface area contributed by atoms with E-state index in [-0.39, 0.29) is 0 Å². The molecule has 1 saturated heterocycles. The second-order valence-electron chi connectivity index (χ2n) is 3.92. The maximum absolute atomic E-state index is 4.27. The van der Waals surface area contributed by atoms with E-state index in [0.717, 1.165) is 31.2 Å². The molecule has 1 fully saturated rings. The molecule has 0 aromatic carbocycles. The Morgan fingerprint density at radius 2 is 2.29 bits per heavy atom. The Balaban J connectivity index is 1.76. The van der Waals surface area contributed by atoms with Crippen LogP contribution >= 0.6 is 0 Å². The molecule has 1 aromatic rings. The average Bonchev–Trinajstić information content (AvgIpc) is 2.63. The summed E-state index contributed by atoms with van der Waals surface area (Å²) in [6.45, 7) is 5.16. The lowest BCUT2D eigenvalue weighted by Crippen LogP contribution is -2.39. The molecule has 2 heterocycles. The van der Waals surface area contributed by atoms with E-state index in [9.17, 15) is 0 Å². The zero-order valence-electron chi connectivity index (χ0n) is 8.64. The fourth-order valence-electron chi connectivity index (χ4n) is 1.82. The molecule has 14 heavy (non-hydrogen) atoms. The third-order valence-corrected chi connectivity index (χ3v) is 2.65. The van der Waals surface area contributed by atoms with E-state index in [1.54, 1.807) is 0 Å². The van der Waals surface area contributed by atoms with E-state index in [4.69, 9.17) is 0 Å². The van der Waals surface area contributed by atoms with Crippen LogP contribution in [-0.2, 0) is 6.54 Å². The first-order valence-electron chi connectivity index (χ1n) is 5.29. The standard InChI is InChI=1S/C10H18N4/c1-8-6-13-10(14-8)7-12-9-2-4-11-5-3-9/h6,9,11-12H,2-5,7H2,1H3,(H,13,14). The van der Waals surface area contributed by atoms with Crippen LogP contribution in [0.1, 0.15) is 24.4 Å². The molecule has 78 valence electrons. The van der Waals surface area contributed by atoms with Crippen LogP contribution in [0.5, 0.6) is 0 Å². The molecule has 1 aliphatic heterocycles. The van der Waals surface area contributed by atoms with Crippen LogP contribution in [0.15, 0.2) is 6.20 Å². The SMILES string of the molecule is Cc1cnc(CNC2CCNCC2)[nH]1. The predicted molar refractivity (Wildman–Crippen MR) is 56.1 cm³/mol. The topological polar surface area (TPSA) is 52.7 Å². The van der Waals surface area contributed by atoms with E-state index < -0.39 is 0 Å². The highest BCUT2D eigenvalue weighted by Crippen LogP contribution is 2.03. The number of nitrogens with zero attached hydrogens (tertiary/aromatic N) is 1. The van der Waals surface area contributed by atoms with Gasteiger partial charge in [-0.15, -0.1) is 0 Å². The zero-order valence-corrected chi connectivity index (χ0v) is 8.64. The van der Waals surface area contributed by atoms with E-state index in [0.29, 0.717) is 6.04 Å². The number of nitrogens with one attached hydrogen (secondary N) is 3. The predicted octanol–water partition coefficient (Wildman–Crippen LogP) is 0.560. The highest BCUT2D eigenvalue weighted by molar-refractivity contribution is 4.98. The summed E-state index contributed by atoms with van der Waals surface area (Å²) in [5, 5.41) is 6.87. The second kappa shape index (κ2) is 4.57. The molecule has 1 aliphatic rings. The van der Waals surface area contributed by atoms with Crippen LogP contribution in [-0.4, -0.2) is 29.1 Å². The number of imidazole rings is 1. The highest BCUT2D eigenvalue weighted by atomic mass is 15.0. The van der Waals surface area contributed by atoms with E-state index >= 15 is 0 Å². The minimum atomic E-state index is 0.654. The first-order chi connectivity index (χ1) is 6.84. The second-order valence-corrected chi connectivity index (χ2v) is 3.92. The largest absolute Gasteiger partial charge is 0.345 e. The number of aromatic nitrogens is 2. The van der Waals surface area contributed by atoms with E-state index in [2.05, 4.69) is 20.6 Å². The maximum atomic E-state index is 4.27. The smallest absolute Gasteiger partial charge is 0.120 e. The molecule has 4 nitrogen and oxygen atoms in total. The molecule has 0 atom stereocenters. The quantitative estimate of drug-likeness (QED) is 0.659. The number of aryl methyl sites for hydroxylation is 1. The summed E-state index contributed by atoms with van der Waals surface area (Å²) in [5.41, 5.74) is 1.13. The molecule has 2 rings (SSSR count). The first kappa shape index (κ1) is 9.68. The molecule has 0 amide bonds. The van der Waals surface area contributed by atoms with Crippen molar-refractivity contribution in [1.82, 2.24) is 20.6 Å². The number of rotatable bonds is 3. The fraction of sp³-hybridized carbons (Fsp3) is 0.700. The summed E-state index contributed by atoms with van der Waals surface area (Å²) >= 11 is 0. The normalized spacial score (nSPS) is 18.6. The van der Waals surface area contributed by atoms with E-state index in [1.165, 1.54) is 12.8 Å². The molecule has 0 spiro atoms. The van der Waals surface area contributed by atoms with Crippen molar-refractivity contribution in [3.8, 4) is 0 Å². The van der Waals surface area contributed by atoms with Gasteiger partial charge in [0, 0.05) is 17.9 Å². The fourth-order valence-corrected chi connectivity index (χ4v) is 1.82. The maximum Gasteiger partial charge on any atom is 0.120 e. The molecule has 4 heteroatoms. The van der Waals surface area contributed by atoms with Gasteiger partial charge < -0.3 is 15.6 Å². The van der Waals surface area contributed by atoms with Crippen LogP contribution in [0.3, 0.4) is 0 Å². The van der Waals surface area contributed by atoms with Crippen molar-refractivity contribution in [2.45, 2.75) is 32.4 Å². The number of piperidine rings is 1. The van der Waals surface area contributed by atoms with Gasteiger partial charge in [0.15, 0.2) is 0 Å². The summed E-state index contributed by atoms with van der Waals surface area (Å²) in [7, 11) is 0. The summed E-state index contributed by atoms with van der Waals surface area (Å²) in [6.07, 6.45) is 4.32. The Kier molecular flexibility index (Phi) is 3.16. The minimum absolute atomic E-state index is 0.654. The van der Waals surface area contributed by atoms with Crippen LogP contribution in [0.2, 0.25) is 0 Å². The molecule has 0 bridgehead atoms. The Morgan fingerprint density at radius 1 is 1.50 bits per heavy atom. The zero-order chi connectivity index (χ0) is 9.80.